The average Bonchev–Trinajstić information content (AvgIpc) is 3.20. The molecule has 0 unspecified atom stereocenters. The molecule has 1 N–H and O–H groups in total. The molecule has 0 aliphatic rings. The van der Waals surface area contributed by atoms with Crippen LogP contribution >= 0.6 is 11.3 Å². The van der Waals surface area contributed by atoms with E-state index in [0.717, 1.165) is 33.5 Å². The fraction of sp³-hybridized carbons (Fsp3) is 0.250. The predicted octanol–water partition coefficient (Wildman–Crippen LogP) is 3.54. The fourth-order valence-corrected chi connectivity index (χ4v) is 4.94. The van der Waals surface area contributed by atoms with Gasteiger partial charge in [-0.1, -0.05) is 30.4 Å². The van der Waals surface area contributed by atoms with Gasteiger partial charge in [0.2, 0.25) is 21.1 Å². The number of carbonyl (C=O) groups excluding carboxylic acids is 1. The van der Waals surface area contributed by atoms with Gasteiger partial charge in [0.25, 0.3) is 0 Å². The van der Waals surface area contributed by atoms with Crippen molar-refractivity contribution in [2.45, 2.75) is 19.4 Å². The summed E-state index contributed by atoms with van der Waals surface area (Å²) in [6, 6.07) is 11.4. The minimum absolute atomic E-state index is 0.122. The normalized spacial score (nSPS) is 12.3. The third kappa shape index (κ3) is 5.17. The quantitative estimate of drug-likeness (QED) is 0.547. The molecule has 3 aromatic rings. The molecule has 0 aliphatic carbocycles. The van der Waals surface area contributed by atoms with Crippen LogP contribution in [0.5, 0.6) is 5.75 Å². The largest absolute Gasteiger partial charge is 0.497 e. The number of anilines is 2. The molecule has 31 heavy (non-hydrogen) atoms. The molecule has 0 saturated carbocycles. The molecule has 1 heterocycles. The molecule has 0 aliphatic heterocycles. The van der Waals surface area contributed by atoms with Crippen LogP contribution in [0, 0.1) is 5.82 Å². The number of amides is 1. The number of hydrogen-bond acceptors (Lipinski definition) is 7. The lowest BCUT2D eigenvalue weighted by molar-refractivity contribution is -0.117. The Labute approximate surface area is 183 Å². The molecule has 3 rings (SSSR count). The minimum atomic E-state index is -3.95. The van der Waals surface area contributed by atoms with Crippen molar-refractivity contribution in [2.24, 2.45) is 0 Å². The van der Waals surface area contributed by atoms with Crippen LogP contribution in [-0.4, -0.2) is 43.9 Å². The van der Waals surface area contributed by atoms with Crippen LogP contribution in [0.1, 0.15) is 13.3 Å². The Balaban J connectivity index is 1.85. The number of benzene rings is 2. The topological polar surface area (TPSA) is 101 Å². The van der Waals surface area contributed by atoms with Crippen LogP contribution in [0.4, 0.5) is 15.2 Å². The van der Waals surface area contributed by atoms with Gasteiger partial charge in [0.05, 0.1) is 19.1 Å². The zero-order valence-corrected chi connectivity index (χ0v) is 18.7. The Morgan fingerprint density at radius 3 is 2.45 bits per heavy atom. The summed E-state index contributed by atoms with van der Waals surface area (Å²) in [6.07, 6.45) is 1.06. The number of carbonyl (C=O) groups is 1. The highest BCUT2D eigenvalue weighted by molar-refractivity contribution is 7.92. The Morgan fingerprint density at radius 1 is 1.19 bits per heavy atom. The maximum absolute atomic E-state index is 14.3. The van der Waals surface area contributed by atoms with Gasteiger partial charge in [-0.2, -0.15) is 0 Å². The highest BCUT2D eigenvalue weighted by atomic mass is 32.2. The van der Waals surface area contributed by atoms with E-state index in [-0.39, 0.29) is 17.2 Å². The summed E-state index contributed by atoms with van der Waals surface area (Å²) >= 11 is 1.14. The minimum Gasteiger partial charge on any atom is -0.497 e. The molecule has 1 amide bonds. The zero-order valence-electron chi connectivity index (χ0n) is 17.1. The lowest BCUT2D eigenvalue weighted by atomic mass is 10.2. The van der Waals surface area contributed by atoms with Crippen molar-refractivity contribution < 1.29 is 22.3 Å². The molecule has 0 spiro atoms. The second kappa shape index (κ2) is 9.40. The van der Waals surface area contributed by atoms with Crippen molar-refractivity contribution >= 4 is 38.1 Å². The fourth-order valence-electron chi connectivity index (χ4n) is 2.98. The predicted molar refractivity (Wildman–Crippen MR) is 118 cm³/mol. The second-order valence-corrected chi connectivity index (χ2v) is 9.40. The lowest BCUT2D eigenvalue weighted by Gasteiger charge is -2.29. The van der Waals surface area contributed by atoms with Gasteiger partial charge < -0.3 is 4.74 Å². The maximum atomic E-state index is 14.3. The van der Waals surface area contributed by atoms with Crippen LogP contribution in [0.25, 0.3) is 10.6 Å². The molecule has 0 fully saturated rings. The van der Waals surface area contributed by atoms with E-state index in [4.69, 9.17) is 4.74 Å². The van der Waals surface area contributed by atoms with Crippen LogP contribution in [-0.2, 0) is 14.8 Å². The number of sulfonamides is 1. The van der Waals surface area contributed by atoms with E-state index >= 15 is 0 Å². The number of methoxy groups -OCH3 is 1. The molecule has 8 nitrogen and oxygen atoms in total. The highest BCUT2D eigenvalue weighted by Crippen LogP contribution is 2.29. The SMILES string of the molecule is CC[C@H](C(=O)Nc1nnc(-c2ccc(OC)cc2)s1)N(c1ccccc1F)S(C)(=O)=O. The first-order valence-corrected chi connectivity index (χ1v) is 11.9. The molecule has 0 radical (unpaired) electrons. The molecule has 2 aromatic carbocycles. The van der Waals surface area contributed by atoms with Gasteiger partial charge in [0.15, 0.2) is 0 Å². The summed E-state index contributed by atoms with van der Waals surface area (Å²) in [5.74, 6) is -0.674. The third-order valence-electron chi connectivity index (χ3n) is 4.41. The number of aromatic nitrogens is 2. The lowest BCUT2D eigenvalue weighted by Crippen LogP contribution is -2.47. The average molecular weight is 465 g/mol. The van der Waals surface area contributed by atoms with Gasteiger partial charge in [-0.25, -0.2) is 12.8 Å². The number of hydrogen-bond donors (Lipinski definition) is 1. The summed E-state index contributed by atoms with van der Waals surface area (Å²) in [4.78, 5) is 12.9. The molecular formula is C20H21FN4O4S2. The van der Waals surface area contributed by atoms with Gasteiger partial charge >= 0.3 is 0 Å². The van der Waals surface area contributed by atoms with E-state index in [0.29, 0.717) is 10.8 Å². The van der Waals surface area contributed by atoms with Crippen LogP contribution in [0.2, 0.25) is 0 Å². The first kappa shape index (κ1) is 22.6. The second-order valence-electron chi connectivity index (χ2n) is 6.56. The van der Waals surface area contributed by atoms with Gasteiger partial charge in [-0.05, 0) is 42.8 Å². The number of nitrogens with one attached hydrogen (secondary N) is 1. The van der Waals surface area contributed by atoms with E-state index in [9.17, 15) is 17.6 Å². The van der Waals surface area contributed by atoms with Crippen LogP contribution in [0.15, 0.2) is 48.5 Å². The van der Waals surface area contributed by atoms with Crippen molar-refractivity contribution in [1.29, 1.82) is 0 Å². The Kier molecular flexibility index (Phi) is 6.86. The van der Waals surface area contributed by atoms with Gasteiger partial charge in [-0.3, -0.25) is 14.4 Å². The first-order chi connectivity index (χ1) is 14.7. The maximum Gasteiger partial charge on any atom is 0.250 e. The van der Waals surface area contributed by atoms with Gasteiger partial charge in [0.1, 0.15) is 22.6 Å². The van der Waals surface area contributed by atoms with Crippen molar-refractivity contribution in [1.82, 2.24) is 10.2 Å². The first-order valence-electron chi connectivity index (χ1n) is 9.27. The van der Waals surface area contributed by atoms with E-state index in [1.54, 1.807) is 26.2 Å². The summed E-state index contributed by atoms with van der Waals surface area (Å²) in [7, 11) is -2.38. The molecular weight excluding hydrogens is 443 g/mol. The monoisotopic (exact) mass is 464 g/mol. The smallest absolute Gasteiger partial charge is 0.250 e. The van der Waals surface area contributed by atoms with Crippen molar-refractivity contribution in [3.8, 4) is 16.3 Å². The number of halogens is 1. The number of ether oxygens (including phenoxy) is 1. The molecule has 0 bridgehead atoms. The number of para-hydroxylation sites is 1. The summed E-state index contributed by atoms with van der Waals surface area (Å²) in [5, 5.41) is 11.4. The standard InChI is InChI=1S/C20H21FN4O4S2/c1-4-16(25(31(3,27)28)17-8-6-5-7-15(17)21)18(26)22-20-24-23-19(30-20)13-9-11-14(29-2)12-10-13/h5-12,16H,4H2,1-3H3,(H,22,24,26)/t16-/m1/s1. The molecule has 164 valence electrons. The molecule has 1 atom stereocenters. The van der Waals surface area contributed by atoms with Crippen LogP contribution < -0.4 is 14.4 Å². The van der Waals surface area contributed by atoms with Crippen molar-refractivity contribution in [3.05, 3.63) is 54.3 Å². The van der Waals surface area contributed by atoms with E-state index in [1.165, 1.54) is 18.2 Å². The zero-order chi connectivity index (χ0) is 22.6. The van der Waals surface area contributed by atoms with Gasteiger partial charge in [-0.15, -0.1) is 10.2 Å². The van der Waals surface area contributed by atoms with Crippen molar-refractivity contribution in [2.75, 3.05) is 23.0 Å². The van der Waals surface area contributed by atoms with E-state index < -0.39 is 27.8 Å². The molecule has 0 saturated heterocycles. The Morgan fingerprint density at radius 2 is 1.87 bits per heavy atom. The van der Waals surface area contributed by atoms with Gasteiger partial charge in [0, 0.05) is 5.56 Å². The highest BCUT2D eigenvalue weighted by Gasteiger charge is 2.33. The third-order valence-corrected chi connectivity index (χ3v) is 6.47. The van der Waals surface area contributed by atoms with Crippen molar-refractivity contribution in [3.63, 3.8) is 0 Å². The Hall–Kier alpha value is -3.05. The number of nitrogens with zero attached hydrogens (tertiary/aromatic N) is 3. The summed E-state index contributed by atoms with van der Waals surface area (Å²) in [6.45, 7) is 1.64. The number of rotatable bonds is 8. The van der Waals surface area contributed by atoms with E-state index in [2.05, 4.69) is 15.5 Å². The Bertz CT molecular complexity index is 1170. The summed E-state index contributed by atoms with van der Waals surface area (Å²) in [5.41, 5.74) is 0.596. The molecule has 1 aromatic heterocycles. The summed E-state index contributed by atoms with van der Waals surface area (Å²) < 4.78 is 45.1. The van der Waals surface area contributed by atoms with Crippen LogP contribution in [0.3, 0.4) is 0 Å². The molecule has 11 heteroatoms. The van der Waals surface area contributed by atoms with E-state index in [1.807, 2.05) is 12.1 Å².